The smallest absolute Gasteiger partial charge is 0.312 e. The molecule has 0 bridgehead atoms. The lowest BCUT2D eigenvalue weighted by Gasteiger charge is -2.58. The molecule has 4 fully saturated rings. The number of nitro groups is 1. The van der Waals surface area contributed by atoms with Gasteiger partial charge in [-0.25, -0.2) is 27.5 Å². The second-order valence-corrected chi connectivity index (χ2v) is 24.5. The average molecular weight is 981 g/mol. The third-order valence-corrected chi connectivity index (χ3v) is 16.9. The summed E-state index contributed by atoms with van der Waals surface area (Å²) in [6, 6.07) is 19.6. The van der Waals surface area contributed by atoms with Gasteiger partial charge in [-0.1, -0.05) is 38.1 Å². The van der Waals surface area contributed by atoms with Crippen LogP contribution >= 0.6 is 0 Å². The number of anilines is 2. The number of carbonyl (C=O) groups excluding carboxylic acids is 1. The molecule has 2 aliphatic carbocycles. The van der Waals surface area contributed by atoms with Crippen LogP contribution in [0, 0.1) is 21.4 Å². The van der Waals surface area contributed by atoms with Gasteiger partial charge in [0.25, 0.3) is 15.9 Å². The predicted octanol–water partition coefficient (Wildman–Crippen LogP) is 8.34. The van der Waals surface area contributed by atoms with Gasteiger partial charge in [0.15, 0.2) is 0 Å². The van der Waals surface area contributed by atoms with E-state index in [0.717, 1.165) is 94.6 Å². The monoisotopic (exact) mass is 980 g/mol. The number of hydrogen-bond acceptors (Lipinski definition) is 14. The molecule has 368 valence electrons. The molecule has 3 aromatic heterocycles. The van der Waals surface area contributed by atoms with Crippen molar-refractivity contribution in [2.24, 2.45) is 15.7 Å². The number of nitrogens with one attached hydrogen (secondary N) is 3. The molecule has 2 saturated carbocycles. The SMILES string of the molecule is CC(C)c1ccccc1[C@@H]1CN(C)CCN1C1CC2(CCN(c3ccc(C(=O)NS(=O)(=O)c4cnc(NCC5CCC(N=S(C)(C)=O)CC5)c([N+](=O)[O-])c4)c(Oc4cnc5[nH]ccc5c4)c3)CC2)C1. The molecule has 0 radical (unpaired) electrons. The Balaban J connectivity index is 0.886. The van der Waals surface area contributed by atoms with Crippen LogP contribution in [0.5, 0.6) is 11.5 Å². The summed E-state index contributed by atoms with van der Waals surface area (Å²) >= 11 is 0. The maximum absolute atomic E-state index is 14.0. The van der Waals surface area contributed by atoms with E-state index < -0.39 is 41.2 Å². The Morgan fingerprint density at radius 3 is 2.45 bits per heavy atom. The normalized spacial score (nSPS) is 21.5. The van der Waals surface area contributed by atoms with E-state index in [1.165, 1.54) is 30.2 Å². The van der Waals surface area contributed by atoms with Crippen LogP contribution in [0.4, 0.5) is 17.2 Å². The number of amides is 1. The number of rotatable bonds is 14. The molecule has 4 aliphatic rings. The summed E-state index contributed by atoms with van der Waals surface area (Å²) in [5.41, 5.74) is 4.07. The second kappa shape index (κ2) is 19.6. The van der Waals surface area contributed by atoms with E-state index in [4.69, 9.17) is 4.74 Å². The molecule has 2 aliphatic heterocycles. The van der Waals surface area contributed by atoms with E-state index in [9.17, 15) is 27.5 Å². The van der Waals surface area contributed by atoms with Crippen LogP contribution in [0.15, 0.2) is 88.5 Å². The molecule has 3 N–H and O–H groups in total. The lowest BCUT2D eigenvalue weighted by Crippen LogP contribution is -2.59. The molecule has 0 unspecified atom stereocenters. The van der Waals surface area contributed by atoms with Crippen LogP contribution in [-0.2, 0) is 19.8 Å². The molecule has 19 heteroatoms. The van der Waals surface area contributed by atoms with Gasteiger partial charge in [0, 0.05) is 103 Å². The number of aromatic nitrogens is 3. The number of hydrogen-bond donors (Lipinski definition) is 3. The van der Waals surface area contributed by atoms with Crippen molar-refractivity contribution in [1.29, 1.82) is 0 Å². The van der Waals surface area contributed by atoms with Crippen LogP contribution in [0.2, 0.25) is 0 Å². The van der Waals surface area contributed by atoms with Crippen molar-refractivity contribution in [2.45, 2.75) is 94.2 Å². The fourth-order valence-electron chi connectivity index (χ4n) is 11.0. The summed E-state index contributed by atoms with van der Waals surface area (Å²) in [5, 5.41) is 16.0. The number of H-pyrrole nitrogens is 1. The van der Waals surface area contributed by atoms with Gasteiger partial charge in [0.1, 0.15) is 22.0 Å². The molecule has 1 atom stereocenters. The number of pyridine rings is 2. The van der Waals surface area contributed by atoms with Crippen LogP contribution < -0.4 is 19.7 Å². The molecule has 2 aromatic carbocycles. The molecule has 69 heavy (non-hydrogen) atoms. The minimum atomic E-state index is -4.65. The Morgan fingerprint density at radius 2 is 1.72 bits per heavy atom. The Morgan fingerprint density at radius 1 is 0.971 bits per heavy atom. The van der Waals surface area contributed by atoms with E-state index in [0.29, 0.717) is 35.9 Å². The minimum Gasteiger partial charge on any atom is -0.455 e. The first-order chi connectivity index (χ1) is 32.9. The Kier molecular flexibility index (Phi) is 13.8. The zero-order valence-electron chi connectivity index (χ0n) is 40.1. The third-order valence-electron chi connectivity index (χ3n) is 14.8. The fourth-order valence-corrected chi connectivity index (χ4v) is 12.9. The summed E-state index contributed by atoms with van der Waals surface area (Å²) in [6.45, 7) is 9.73. The van der Waals surface area contributed by atoms with Crippen molar-refractivity contribution in [1.82, 2.24) is 29.5 Å². The van der Waals surface area contributed by atoms with Gasteiger partial charge in [0.05, 0.1) is 28.9 Å². The van der Waals surface area contributed by atoms with Gasteiger partial charge in [0.2, 0.25) is 5.82 Å². The number of piperidine rings is 1. The highest BCUT2D eigenvalue weighted by atomic mass is 32.2. The van der Waals surface area contributed by atoms with Crippen molar-refractivity contribution in [3.05, 3.63) is 106 Å². The van der Waals surface area contributed by atoms with Crippen molar-refractivity contribution in [3.8, 4) is 11.5 Å². The number of sulfonamides is 1. The molecular weight excluding hydrogens is 917 g/mol. The van der Waals surface area contributed by atoms with Gasteiger partial charge in [-0.15, -0.1) is 0 Å². The van der Waals surface area contributed by atoms with Gasteiger partial charge < -0.3 is 24.8 Å². The molecule has 17 nitrogen and oxygen atoms in total. The summed E-state index contributed by atoms with van der Waals surface area (Å²) in [4.78, 5) is 44.2. The summed E-state index contributed by atoms with van der Waals surface area (Å²) in [5.74, 6) is 0.0704. The Hall–Kier alpha value is -5.63. The van der Waals surface area contributed by atoms with Crippen molar-refractivity contribution in [2.75, 3.05) is 69.0 Å². The van der Waals surface area contributed by atoms with Crippen LogP contribution in [0.25, 0.3) is 11.0 Å². The number of nitrogens with zero attached hydrogens (tertiary/aromatic N) is 7. The zero-order chi connectivity index (χ0) is 48.7. The van der Waals surface area contributed by atoms with E-state index in [1.54, 1.807) is 36.9 Å². The van der Waals surface area contributed by atoms with Gasteiger partial charge in [-0.3, -0.25) is 24.0 Å². The number of aromatic amines is 1. The number of fused-ring (bicyclic) bond motifs is 1. The van der Waals surface area contributed by atoms with Gasteiger partial charge >= 0.3 is 5.69 Å². The zero-order valence-corrected chi connectivity index (χ0v) is 41.7. The quantitative estimate of drug-likeness (QED) is 0.0707. The minimum absolute atomic E-state index is 0.0200. The number of ether oxygens (including phenoxy) is 1. The molecular formula is C50H64N10O7S2. The lowest BCUT2D eigenvalue weighted by atomic mass is 9.59. The summed E-state index contributed by atoms with van der Waals surface area (Å²) in [6.07, 6.45) is 15.0. The van der Waals surface area contributed by atoms with Crippen molar-refractivity contribution in [3.63, 3.8) is 0 Å². The van der Waals surface area contributed by atoms with E-state index in [1.807, 2.05) is 12.1 Å². The second-order valence-electron chi connectivity index (χ2n) is 20.3. The first-order valence-electron chi connectivity index (χ1n) is 24.1. The Labute approximate surface area is 405 Å². The largest absolute Gasteiger partial charge is 0.455 e. The van der Waals surface area contributed by atoms with Crippen LogP contribution in [0.1, 0.15) is 98.7 Å². The predicted molar refractivity (Wildman–Crippen MR) is 269 cm³/mol. The van der Waals surface area contributed by atoms with Crippen molar-refractivity contribution < 1.29 is 27.1 Å². The van der Waals surface area contributed by atoms with E-state index in [2.05, 4.69) is 89.2 Å². The molecule has 1 spiro atoms. The first kappa shape index (κ1) is 48.4. The van der Waals surface area contributed by atoms with Crippen LogP contribution in [0.3, 0.4) is 0 Å². The van der Waals surface area contributed by atoms with E-state index in [-0.39, 0.29) is 34.5 Å². The summed E-state index contributed by atoms with van der Waals surface area (Å²) < 4.78 is 52.6. The molecule has 5 aromatic rings. The third kappa shape index (κ3) is 10.9. The topological polar surface area (TPSA) is 208 Å². The maximum atomic E-state index is 14.0. The van der Waals surface area contributed by atoms with Crippen molar-refractivity contribution >= 4 is 53.9 Å². The molecule has 1 amide bonds. The van der Waals surface area contributed by atoms with Gasteiger partial charge in [-0.2, -0.15) is 0 Å². The lowest BCUT2D eigenvalue weighted by molar-refractivity contribution is -0.384. The highest BCUT2D eigenvalue weighted by molar-refractivity contribution is 7.92. The maximum Gasteiger partial charge on any atom is 0.312 e. The number of carbonyl (C=O) groups is 1. The fraction of sp³-hybridized carbons (Fsp3) is 0.500. The standard InChI is InChI=1S/C50H64N10O7S2/c1-33(2)41-8-6-7-9-42(41)45-32-57(3)22-23-59(45)38-27-50(28-38)17-20-58(21-18-50)37-14-15-43(46(25-37)67-39-24-35-16-19-51-47(35)53-30-39)49(61)56-69(65,66)40-26-44(60(62)63)48(54-31-40)52-29-34-10-12-36(13-11-34)55-68(4,5)64/h6-9,14-16,19,24-26,30-31,33-34,36,38,45H,10-13,17-18,20-23,27-29,32H2,1-5H3,(H,51,53)(H,52,54)(H,56,61)/t34?,36?,45-/m0/s1. The van der Waals surface area contributed by atoms with E-state index >= 15 is 0 Å². The highest BCUT2D eigenvalue weighted by Crippen LogP contribution is 2.53. The average Bonchev–Trinajstić information content (AvgIpc) is 3.78. The van der Waals surface area contributed by atoms with Gasteiger partial charge in [-0.05, 0) is 111 Å². The Bertz CT molecular complexity index is 2940. The number of benzene rings is 2. The highest BCUT2D eigenvalue weighted by Gasteiger charge is 2.50. The number of likely N-dealkylation sites (N-methyl/N-ethyl adjacent to an activating group) is 1. The first-order valence-corrected chi connectivity index (χ1v) is 27.9. The van der Waals surface area contributed by atoms with Crippen LogP contribution in [-0.4, -0.2) is 119 Å². The molecule has 2 saturated heterocycles. The number of piperazine rings is 1. The molecule has 9 rings (SSSR count). The molecule has 5 heterocycles. The summed E-state index contributed by atoms with van der Waals surface area (Å²) in [7, 11) is -4.62.